The number of para-hydroxylation sites is 1. The molecule has 1 aromatic carbocycles. The number of nitrogens with zero attached hydrogens (tertiary/aromatic N) is 1. The Labute approximate surface area is 100.0 Å². The molecule has 0 unspecified atom stereocenters. The molecule has 0 heterocycles. The van der Waals surface area contributed by atoms with Gasteiger partial charge < -0.3 is 4.74 Å². The Morgan fingerprint density at radius 2 is 2.25 bits per heavy atom. The average molecular weight is 238 g/mol. The summed E-state index contributed by atoms with van der Waals surface area (Å²) in [5.41, 5.74) is 1.52. The Morgan fingerprint density at radius 3 is 2.81 bits per heavy atom. The Kier molecular flexibility index (Phi) is 4.68. The molecule has 0 aliphatic heterocycles. The molecule has 0 atom stereocenters. The molecule has 0 aromatic heterocycles. The first-order valence-electron chi connectivity index (χ1n) is 4.67. The van der Waals surface area contributed by atoms with Gasteiger partial charge in [0.25, 0.3) is 0 Å². The van der Waals surface area contributed by atoms with Gasteiger partial charge in [-0.2, -0.15) is 0 Å². The number of rotatable bonds is 3. The highest BCUT2D eigenvalue weighted by Crippen LogP contribution is 2.22. The van der Waals surface area contributed by atoms with Crippen molar-refractivity contribution >= 4 is 23.4 Å². The summed E-state index contributed by atoms with van der Waals surface area (Å²) < 4.78 is 4.67. The van der Waals surface area contributed by atoms with E-state index in [4.69, 9.17) is 18.0 Å². The Bertz CT molecular complexity index is 412. The standard InChI is InChI=1S/C12H12ClNO2/c1-3-8-14(12(15)16-2)11-7-5-4-6-10(11)9-13/h1,4-7H,8-9H2,2H3. The minimum atomic E-state index is -0.490. The highest BCUT2D eigenvalue weighted by atomic mass is 35.5. The number of alkyl halides is 1. The normalized spacial score (nSPS) is 9.31. The van der Waals surface area contributed by atoms with Crippen LogP contribution in [0.5, 0.6) is 0 Å². The maximum Gasteiger partial charge on any atom is 0.414 e. The van der Waals surface area contributed by atoms with Gasteiger partial charge in [0.15, 0.2) is 0 Å². The van der Waals surface area contributed by atoms with E-state index in [0.29, 0.717) is 11.6 Å². The fourth-order valence-electron chi connectivity index (χ4n) is 1.34. The molecule has 3 nitrogen and oxygen atoms in total. The zero-order valence-corrected chi connectivity index (χ0v) is 9.70. The van der Waals surface area contributed by atoms with Crippen LogP contribution in [0.3, 0.4) is 0 Å². The van der Waals surface area contributed by atoms with Gasteiger partial charge in [0.1, 0.15) is 0 Å². The molecule has 16 heavy (non-hydrogen) atoms. The maximum absolute atomic E-state index is 11.5. The summed E-state index contributed by atoms with van der Waals surface area (Å²) in [5, 5.41) is 0. The van der Waals surface area contributed by atoms with Gasteiger partial charge in [-0.15, -0.1) is 18.0 Å². The van der Waals surface area contributed by atoms with E-state index in [0.717, 1.165) is 5.56 Å². The lowest BCUT2D eigenvalue weighted by molar-refractivity contribution is 0.179. The van der Waals surface area contributed by atoms with Crippen molar-refractivity contribution in [3.8, 4) is 12.3 Å². The Hall–Kier alpha value is -1.66. The number of benzene rings is 1. The first-order chi connectivity index (χ1) is 7.74. The van der Waals surface area contributed by atoms with E-state index in [1.807, 2.05) is 18.2 Å². The van der Waals surface area contributed by atoms with E-state index in [2.05, 4.69) is 10.7 Å². The molecule has 0 saturated carbocycles. The molecule has 0 bridgehead atoms. The third kappa shape index (κ3) is 2.68. The summed E-state index contributed by atoms with van der Waals surface area (Å²) in [5.74, 6) is 2.73. The van der Waals surface area contributed by atoms with E-state index in [-0.39, 0.29) is 6.54 Å². The second-order valence-electron chi connectivity index (χ2n) is 3.02. The smallest absolute Gasteiger partial charge is 0.414 e. The summed E-state index contributed by atoms with van der Waals surface area (Å²) in [4.78, 5) is 12.9. The highest BCUT2D eigenvalue weighted by Gasteiger charge is 2.17. The van der Waals surface area contributed by atoms with E-state index in [9.17, 15) is 4.79 Å². The number of ether oxygens (including phenoxy) is 1. The number of halogens is 1. The molecule has 0 saturated heterocycles. The van der Waals surface area contributed by atoms with Crippen LogP contribution in [0.2, 0.25) is 0 Å². The molecule has 0 radical (unpaired) electrons. The topological polar surface area (TPSA) is 29.5 Å². The summed E-state index contributed by atoms with van der Waals surface area (Å²) in [6.45, 7) is 0.153. The second-order valence-corrected chi connectivity index (χ2v) is 3.29. The van der Waals surface area contributed by atoms with Crippen LogP contribution in [0.15, 0.2) is 24.3 Å². The molecule has 1 aromatic rings. The Morgan fingerprint density at radius 1 is 1.56 bits per heavy atom. The van der Waals surface area contributed by atoms with Crippen molar-refractivity contribution in [2.24, 2.45) is 0 Å². The van der Waals surface area contributed by atoms with Gasteiger partial charge in [-0.3, -0.25) is 4.90 Å². The quantitative estimate of drug-likeness (QED) is 0.598. The van der Waals surface area contributed by atoms with Crippen LogP contribution >= 0.6 is 11.6 Å². The van der Waals surface area contributed by atoms with Crippen LogP contribution in [-0.4, -0.2) is 19.7 Å². The van der Waals surface area contributed by atoms with Crippen molar-refractivity contribution in [2.75, 3.05) is 18.6 Å². The van der Waals surface area contributed by atoms with E-state index >= 15 is 0 Å². The first-order valence-corrected chi connectivity index (χ1v) is 5.20. The van der Waals surface area contributed by atoms with Crippen LogP contribution in [0, 0.1) is 12.3 Å². The lowest BCUT2D eigenvalue weighted by Crippen LogP contribution is -2.31. The summed E-state index contributed by atoms with van der Waals surface area (Å²) in [6, 6.07) is 7.30. The molecular formula is C12H12ClNO2. The van der Waals surface area contributed by atoms with Crippen molar-refractivity contribution in [3.05, 3.63) is 29.8 Å². The summed E-state index contributed by atoms with van der Waals surface area (Å²) in [7, 11) is 1.31. The molecule has 0 spiro atoms. The Balaban J connectivity index is 3.10. The predicted molar refractivity (Wildman–Crippen MR) is 64.6 cm³/mol. The van der Waals surface area contributed by atoms with Gasteiger partial charge in [-0.05, 0) is 11.6 Å². The average Bonchev–Trinajstić information content (AvgIpc) is 2.35. The molecule has 1 rings (SSSR count). The molecule has 0 N–H and O–H groups in total. The van der Waals surface area contributed by atoms with Crippen molar-refractivity contribution in [3.63, 3.8) is 0 Å². The molecule has 4 heteroatoms. The fraction of sp³-hybridized carbons (Fsp3) is 0.250. The third-order valence-corrected chi connectivity index (χ3v) is 2.36. The van der Waals surface area contributed by atoms with Crippen LogP contribution in [0.4, 0.5) is 10.5 Å². The predicted octanol–water partition coefficient (Wildman–Crippen LogP) is 2.63. The SMILES string of the molecule is C#CCN(C(=O)OC)c1ccccc1CCl. The van der Waals surface area contributed by atoms with Gasteiger partial charge in [0.05, 0.1) is 19.3 Å². The largest absolute Gasteiger partial charge is 0.452 e. The lowest BCUT2D eigenvalue weighted by Gasteiger charge is -2.20. The number of hydrogen-bond donors (Lipinski definition) is 0. The van der Waals surface area contributed by atoms with Crippen LogP contribution < -0.4 is 4.90 Å². The van der Waals surface area contributed by atoms with Crippen LogP contribution in [0.25, 0.3) is 0 Å². The number of carbonyl (C=O) groups is 1. The van der Waals surface area contributed by atoms with Crippen molar-refractivity contribution in [2.45, 2.75) is 5.88 Å². The zero-order chi connectivity index (χ0) is 12.0. The number of hydrogen-bond acceptors (Lipinski definition) is 2. The van der Waals surface area contributed by atoms with Gasteiger partial charge in [0, 0.05) is 5.88 Å². The number of anilines is 1. The summed E-state index contributed by atoms with van der Waals surface area (Å²) >= 11 is 5.79. The lowest BCUT2D eigenvalue weighted by atomic mass is 10.2. The molecule has 0 aliphatic rings. The number of amides is 1. The fourth-order valence-corrected chi connectivity index (χ4v) is 1.56. The zero-order valence-electron chi connectivity index (χ0n) is 8.94. The van der Waals surface area contributed by atoms with Crippen molar-refractivity contribution in [1.82, 2.24) is 0 Å². The van der Waals surface area contributed by atoms with Gasteiger partial charge in [-0.25, -0.2) is 4.79 Å². The van der Waals surface area contributed by atoms with Crippen LogP contribution in [-0.2, 0) is 10.6 Å². The molecule has 84 valence electrons. The van der Waals surface area contributed by atoms with Crippen LogP contribution in [0.1, 0.15) is 5.56 Å². The van der Waals surface area contributed by atoms with E-state index < -0.39 is 6.09 Å². The second kappa shape index (κ2) is 6.04. The minimum Gasteiger partial charge on any atom is -0.452 e. The van der Waals surface area contributed by atoms with Crippen molar-refractivity contribution in [1.29, 1.82) is 0 Å². The number of terminal acetylenes is 1. The van der Waals surface area contributed by atoms with E-state index in [1.165, 1.54) is 12.0 Å². The summed E-state index contributed by atoms with van der Waals surface area (Å²) in [6.07, 6.45) is 4.73. The first kappa shape index (κ1) is 12.4. The molecular weight excluding hydrogens is 226 g/mol. The number of methoxy groups -OCH3 is 1. The maximum atomic E-state index is 11.5. The minimum absolute atomic E-state index is 0.153. The number of carbonyl (C=O) groups excluding carboxylic acids is 1. The van der Waals surface area contributed by atoms with Gasteiger partial charge in [0.2, 0.25) is 0 Å². The van der Waals surface area contributed by atoms with Crippen molar-refractivity contribution < 1.29 is 9.53 Å². The molecule has 0 fully saturated rings. The third-order valence-electron chi connectivity index (χ3n) is 2.07. The van der Waals surface area contributed by atoms with Gasteiger partial charge in [-0.1, -0.05) is 24.1 Å². The van der Waals surface area contributed by atoms with Gasteiger partial charge >= 0.3 is 6.09 Å². The monoisotopic (exact) mass is 237 g/mol. The van der Waals surface area contributed by atoms with E-state index in [1.54, 1.807) is 6.07 Å². The highest BCUT2D eigenvalue weighted by molar-refractivity contribution is 6.17. The molecule has 1 amide bonds. The molecule has 0 aliphatic carbocycles.